The van der Waals surface area contributed by atoms with E-state index in [1.807, 2.05) is 6.92 Å². The summed E-state index contributed by atoms with van der Waals surface area (Å²) < 4.78 is 10.7. The number of aromatic nitrogens is 2. The molecule has 146 valence electrons. The third kappa shape index (κ3) is 3.91. The lowest BCUT2D eigenvalue weighted by Gasteiger charge is -2.18. The van der Waals surface area contributed by atoms with Gasteiger partial charge in [0, 0.05) is 23.4 Å². The monoisotopic (exact) mass is 399 g/mol. The van der Waals surface area contributed by atoms with Crippen molar-refractivity contribution in [2.24, 2.45) is 0 Å². The summed E-state index contributed by atoms with van der Waals surface area (Å²) >= 11 is 1.41. The average molecular weight is 399 g/mol. The van der Waals surface area contributed by atoms with Crippen LogP contribution < -0.4 is 15.7 Å². The van der Waals surface area contributed by atoms with Crippen molar-refractivity contribution in [3.63, 3.8) is 0 Å². The summed E-state index contributed by atoms with van der Waals surface area (Å²) in [6.45, 7) is 2.37. The number of carbonyl (C=O) groups excluding carboxylic acids is 1. The van der Waals surface area contributed by atoms with Gasteiger partial charge in [0.2, 0.25) is 5.13 Å². The van der Waals surface area contributed by atoms with Crippen LogP contribution in [0, 0.1) is 0 Å². The molecule has 2 aromatic heterocycles. The van der Waals surface area contributed by atoms with Crippen LogP contribution in [0.15, 0.2) is 33.5 Å². The van der Waals surface area contributed by atoms with Crippen LogP contribution in [-0.4, -0.2) is 22.7 Å². The van der Waals surface area contributed by atoms with Gasteiger partial charge in [-0.3, -0.25) is 10.1 Å². The van der Waals surface area contributed by atoms with Crippen LogP contribution in [0.5, 0.6) is 5.75 Å². The molecule has 1 N–H and O–H groups in total. The Morgan fingerprint density at radius 2 is 2.07 bits per heavy atom. The van der Waals surface area contributed by atoms with Crippen LogP contribution >= 0.6 is 11.3 Å². The highest BCUT2D eigenvalue weighted by atomic mass is 32.1. The average Bonchev–Trinajstić information content (AvgIpc) is 3.16. The number of amides is 1. The summed E-state index contributed by atoms with van der Waals surface area (Å²) in [5.41, 5.74) is -0.0427. The van der Waals surface area contributed by atoms with Crippen molar-refractivity contribution in [3.05, 3.63) is 45.3 Å². The van der Waals surface area contributed by atoms with Gasteiger partial charge in [0.15, 0.2) is 0 Å². The number of hydrogen-bond donors (Lipinski definition) is 1. The zero-order valence-corrected chi connectivity index (χ0v) is 16.4. The minimum Gasteiger partial charge on any atom is -0.494 e. The molecule has 28 heavy (non-hydrogen) atoms. The molecule has 1 aliphatic rings. The summed E-state index contributed by atoms with van der Waals surface area (Å²) in [7, 11) is 0. The maximum atomic E-state index is 12.8. The SMILES string of the molecule is CCOc1ccc2c(C(=O)Nc3nnc(C4CCCCC4)s3)cc(=O)oc2c1. The minimum atomic E-state index is -0.591. The summed E-state index contributed by atoms with van der Waals surface area (Å²) in [6.07, 6.45) is 5.93. The highest BCUT2D eigenvalue weighted by Crippen LogP contribution is 2.35. The number of fused-ring (bicyclic) bond motifs is 1. The molecule has 1 saturated carbocycles. The van der Waals surface area contributed by atoms with E-state index in [1.54, 1.807) is 18.2 Å². The van der Waals surface area contributed by atoms with E-state index in [0.29, 0.717) is 34.4 Å². The van der Waals surface area contributed by atoms with Crippen LogP contribution in [0.1, 0.15) is 60.3 Å². The zero-order valence-electron chi connectivity index (χ0n) is 15.6. The fraction of sp³-hybridized carbons (Fsp3) is 0.400. The van der Waals surface area contributed by atoms with Crippen molar-refractivity contribution in [1.29, 1.82) is 0 Å². The van der Waals surface area contributed by atoms with Crippen LogP contribution in [0.3, 0.4) is 0 Å². The Kier molecular flexibility index (Phi) is 5.38. The molecule has 0 unspecified atom stereocenters. The van der Waals surface area contributed by atoms with Crippen molar-refractivity contribution in [2.75, 3.05) is 11.9 Å². The second kappa shape index (κ2) is 8.10. The van der Waals surface area contributed by atoms with Gasteiger partial charge in [0.25, 0.3) is 5.91 Å². The van der Waals surface area contributed by atoms with Gasteiger partial charge in [-0.05, 0) is 31.9 Å². The lowest BCUT2D eigenvalue weighted by Crippen LogP contribution is -2.15. The summed E-state index contributed by atoms with van der Waals surface area (Å²) in [5, 5.41) is 13.1. The summed E-state index contributed by atoms with van der Waals surface area (Å²) in [4.78, 5) is 24.7. The van der Waals surface area contributed by atoms with E-state index in [1.165, 1.54) is 36.7 Å². The predicted molar refractivity (Wildman–Crippen MR) is 107 cm³/mol. The van der Waals surface area contributed by atoms with Gasteiger partial charge in [-0.25, -0.2) is 4.79 Å². The Hall–Kier alpha value is -2.74. The molecule has 8 heteroatoms. The number of rotatable bonds is 5. The van der Waals surface area contributed by atoms with E-state index in [2.05, 4.69) is 15.5 Å². The lowest BCUT2D eigenvalue weighted by molar-refractivity contribution is 0.102. The number of hydrogen-bond acceptors (Lipinski definition) is 7. The van der Waals surface area contributed by atoms with E-state index >= 15 is 0 Å². The van der Waals surface area contributed by atoms with Gasteiger partial charge < -0.3 is 9.15 Å². The van der Waals surface area contributed by atoms with E-state index < -0.39 is 11.5 Å². The molecule has 1 amide bonds. The Labute approximate surface area is 165 Å². The first kappa shape index (κ1) is 18.6. The molecule has 0 atom stereocenters. The summed E-state index contributed by atoms with van der Waals surface area (Å²) in [6, 6.07) is 6.27. The van der Waals surface area contributed by atoms with E-state index in [-0.39, 0.29) is 5.56 Å². The van der Waals surface area contributed by atoms with Gasteiger partial charge in [-0.15, -0.1) is 10.2 Å². The van der Waals surface area contributed by atoms with Crippen LogP contribution in [-0.2, 0) is 0 Å². The molecule has 0 radical (unpaired) electrons. The molecular formula is C20H21N3O4S. The Morgan fingerprint density at radius 3 is 2.86 bits per heavy atom. The van der Waals surface area contributed by atoms with Gasteiger partial charge in [0.05, 0.1) is 12.2 Å². The van der Waals surface area contributed by atoms with Crippen LogP contribution in [0.2, 0.25) is 0 Å². The molecule has 3 aromatic rings. The van der Waals surface area contributed by atoms with Gasteiger partial charge in [0.1, 0.15) is 16.3 Å². The van der Waals surface area contributed by atoms with Gasteiger partial charge >= 0.3 is 5.63 Å². The molecule has 7 nitrogen and oxygen atoms in total. The number of nitrogens with zero attached hydrogens (tertiary/aromatic N) is 2. The first-order chi connectivity index (χ1) is 13.6. The van der Waals surface area contributed by atoms with Gasteiger partial charge in [-0.2, -0.15) is 0 Å². The molecule has 4 rings (SSSR count). The minimum absolute atomic E-state index is 0.240. The largest absolute Gasteiger partial charge is 0.494 e. The Bertz CT molecular complexity index is 1050. The van der Waals surface area contributed by atoms with Crippen LogP contribution in [0.25, 0.3) is 11.0 Å². The first-order valence-corrected chi connectivity index (χ1v) is 10.3. The second-order valence-corrected chi connectivity index (χ2v) is 7.81. The Morgan fingerprint density at radius 1 is 1.25 bits per heavy atom. The van der Waals surface area contributed by atoms with Crippen molar-refractivity contribution < 1.29 is 13.9 Å². The van der Waals surface area contributed by atoms with Crippen LogP contribution in [0.4, 0.5) is 5.13 Å². The van der Waals surface area contributed by atoms with E-state index in [9.17, 15) is 9.59 Å². The lowest BCUT2D eigenvalue weighted by atomic mass is 9.90. The highest BCUT2D eigenvalue weighted by Gasteiger charge is 2.21. The predicted octanol–water partition coefficient (Wildman–Crippen LogP) is 4.34. The molecule has 2 heterocycles. The highest BCUT2D eigenvalue weighted by molar-refractivity contribution is 7.15. The topological polar surface area (TPSA) is 94.3 Å². The van der Waals surface area contributed by atoms with Crippen molar-refractivity contribution in [1.82, 2.24) is 10.2 Å². The number of anilines is 1. The normalized spacial score (nSPS) is 14.9. The molecule has 1 fully saturated rings. The molecule has 1 aliphatic carbocycles. The maximum absolute atomic E-state index is 12.8. The first-order valence-electron chi connectivity index (χ1n) is 9.49. The quantitative estimate of drug-likeness (QED) is 0.641. The maximum Gasteiger partial charge on any atom is 0.337 e. The number of carbonyl (C=O) groups is 1. The number of ether oxygens (including phenoxy) is 1. The van der Waals surface area contributed by atoms with E-state index in [4.69, 9.17) is 9.15 Å². The van der Waals surface area contributed by atoms with Crippen molar-refractivity contribution in [3.8, 4) is 5.75 Å². The zero-order chi connectivity index (χ0) is 19.5. The third-order valence-corrected chi connectivity index (χ3v) is 5.89. The van der Waals surface area contributed by atoms with Gasteiger partial charge in [-0.1, -0.05) is 30.6 Å². The Balaban J connectivity index is 1.58. The third-order valence-electron chi connectivity index (χ3n) is 4.89. The number of benzene rings is 1. The smallest absolute Gasteiger partial charge is 0.337 e. The summed E-state index contributed by atoms with van der Waals surface area (Å²) in [5.74, 6) is 0.601. The van der Waals surface area contributed by atoms with Crippen molar-refractivity contribution in [2.45, 2.75) is 44.9 Å². The van der Waals surface area contributed by atoms with E-state index in [0.717, 1.165) is 17.8 Å². The molecule has 0 spiro atoms. The standard InChI is InChI=1S/C20H21N3O4S/c1-2-26-13-8-9-14-15(11-17(24)27-16(14)10-13)18(25)21-20-23-22-19(28-20)12-6-4-3-5-7-12/h8-12H,2-7H2,1H3,(H,21,23,25). The molecule has 0 saturated heterocycles. The fourth-order valence-corrected chi connectivity index (χ4v) is 4.46. The molecule has 0 bridgehead atoms. The second-order valence-electron chi connectivity index (χ2n) is 6.80. The number of nitrogens with one attached hydrogen (secondary N) is 1. The molecule has 1 aromatic carbocycles. The van der Waals surface area contributed by atoms with Crippen molar-refractivity contribution >= 4 is 33.3 Å². The molecular weight excluding hydrogens is 378 g/mol. The fourth-order valence-electron chi connectivity index (χ4n) is 3.55. The molecule has 0 aliphatic heterocycles.